The molecule has 29 heavy (non-hydrogen) atoms. The molecule has 3 rings (SSSR count). The average molecular weight is 450 g/mol. The number of allylic oxidation sites excluding steroid dienone is 1. The van der Waals surface area contributed by atoms with E-state index >= 15 is 0 Å². The number of amides is 1. The Labute approximate surface area is 182 Å². The third-order valence-corrected chi connectivity index (χ3v) is 5.79. The lowest BCUT2D eigenvalue weighted by atomic mass is 10.2. The molecule has 1 N–H and O–H groups in total. The SMILES string of the molecule is C=CCn1c(SCC(=O)Nc2nccs2)nnc1C(C)Oc1cc(C)ccc1Cl. The first kappa shape index (κ1) is 21.4. The van der Waals surface area contributed by atoms with Gasteiger partial charge in [0.1, 0.15) is 5.75 Å². The van der Waals surface area contributed by atoms with Crippen LogP contribution in [-0.4, -0.2) is 31.4 Å². The molecule has 1 aromatic carbocycles. The third-order valence-electron chi connectivity index (χ3n) is 3.82. The van der Waals surface area contributed by atoms with Gasteiger partial charge in [0, 0.05) is 18.1 Å². The van der Waals surface area contributed by atoms with Gasteiger partial charge in [0.2, 0.25) is 5.91 Å². The molecule has 0 saturated heterocycles. The maximum Gasteiger partial charge on any atom is 0.236 e. The Morgan fingerprint density at radius 2 is 2.31 bits per heavy atom. The molecule has 0 fully saturated rings. The van der Waals surface area contributed by atoms with E-state index in [1.807, 2.05) is 30.5 Å². The van der Waals surface area contributed by atoms with Crippen LogP contribution in [0.3, 0.4) is 0 Å². The molecule has 0 aliphatic heterocycles. The van der Waals surface area contributed by atoms with Crippen molar-refractivity contribution in [2.75, 3.05) is 11.1 Å². The standard InChI is InChI=1S/C19H20ClN5O2S2/c1-4-8-25-17(13(3)27-15-10-12(2)5-6-14(15)20)23-24-19(25)29-11-16(26)22-18-21-7-9-28-18/h4-7,9-10,13H,1,8,11H2,2-3H3,(H,21,22,26). The summed E-state index contributed by atoms with van der Waals surface area (Å²) in [6.07, 6.45) is 3.00. The summed E-state index contributed by atoms with van der Waals surface area (Å²) in [5.74, 6) is 1.25. The van der Waals surface area contributed by atoms with Gasteiger partial charge in [-0.25, -0.2) is 4.98 Å². The summed E-state index contributed by atoms with van der Waals surface area (Å²) < 4.78 is 7.90. The maximum absolute atomic E-state index is 12.1. The molecule has 2 aromatic heterocycles. The highest BCUT2D eigenvalue weighted by Crippen LogP contribution is 2.30. The van der Waals surface area contributed by atoms with Crippen LogP contribution in [0.15, 0.2) is 47.6 Å². The monoisotopic (exact) mass is 449 g/mol. The predicted molar refractivity (Wildman–Crippen MR) is 117 cm³/mol. The molecule has 1 atom stereocenters. The van der Waals surface area contributed by atoms with E-state index in [0.717, 1.165) is 5.56 Å². The molecule has 2 heterocycles. The highest BCUT2D eigenvalue weighted by atomic mass is 35.5. The number of nitrogens with one attached hydrogen (secondary N) is 1. The van der Waals surface area contributed by atoms with Gasteiger partial charge in [-0.2, -0.15) is 0 Å². The molecule has 0 saturated carbocycles. The van der Waals surface area contributed by atoms with Gasteiger partial charge in [-0.3, -0.25) is 9.36 Å². The van der Waals surface area contributed by atoms with E-state index in [4.69, 9.17) is 16.3 Å². The van der Waals surface area contributed by atoms with Gasteiger partial charge in [-0.15, -0.1) is 28.1 Å². The normalized spacial score (nSPS) is 11.8. The minimum absolute atomic E-state index is 0.157. The second-order valence-electron chi connectivity index (χ2n) is 6.11. The summed E-state index contributed by atoms with van der Waals surface area (Å²) in [6, 6.07) is 5.60. The van der Waals surface area contributed by atoms with E-state index < -0.39 is 0 Å². The van der Waals surface area contributed by atoms with Gasteiger partial charge >= 0.3 is 0 Å². The number of halogens is 1. The Bertz CT molecular complexity index is 991. The summed E-state index contributed by atoms with van der Waals surface area (Å²) >= 11 is 8.90. The fourth-order valence-corrected chi connectivity index (χ4v) is 3.98. The Hall–Kier alpha value is -2.36. The number of benzene rings is 1. The molecule has 3 aromatic rings. The molecule has 0 aliphatic rings. The number of ether oxygens (including phenoxy) is 1. The van der Waals surface area contributed by atoms with Crippen LogP contribution in [0.2, 0.25) is 5.02 Å². The van der Waals surface area contributed by atoms with Crippen LogP contribution in [0.25, 0.3) is 0 Å². The van der Waals surface area contributed by atoms with Crippen molar-refractivity contribution < 1.29 is 9.53 Å². The number of thiazole rings is 1. The summed E-state index contributed by atoms with van der Waals surface area (Å²) in [6.45, 7) is 8.14. The van der Waals surface area contributed by atoms with Crippen LogP contribution in [0.4, 0.5) is 5.13 Å². The minimum Gasteiger partial charge on any atom is -0.481 e. The van der Waals surface area contributed by atoms with Crippen molar-refractivity contribution >= 4 is 45.7 Å². The van der Waals surface area contributed by atoms with Crippen molar-refractivity contribution in [2.45, 2.75) is 31.7 Å². The number of hydrogen-bond acceptors (Lipinski definition) is 7. The van der Waals surface area contributed by atoms with Gasteiger partial charge in [0.05, 0.1) is 10.8 Å². The zero-order valence-electron chi connectivity index (χ0n) is 16.0. The molecule has 1 unspecified atom stereocenters. The first-order valence-corrected chi connectivity index (χ1v) is 11.0. The molecule has 10 heteroatoms. The fourth-order valence-electron chi connectivity index (χ4n) is 2.52. The number of thioether (sulfide) groups is 1. The largest absolute Gasteiger partial charge is 0.481 e. The number of carbonyl (C=O) groups excluding carboxylic acids is 1. The lowest BCUT2D eigenvalue weighted by Crippen LogP contribution is -2.15. The van der Waals surface area contributed by atoms with E-state index in [0.29, 0.717) is 33.4 Å². The molecular weight excluding hydrogens is 430 g/mol. The lowest BCUT2D eigenvalue weighted by Gasteiger charge is -2.17. The summed E-state index contributed by atoms with van der Waals surface area (Å²) in [4.78, 5) is 16.2. The highest BCUT2D eigenvalue weighted by Gasteiger charge is 2.20. The highest BCUT2D eigenvalue weighted by molar-refractivity contribution is 7.99. The van der Waals surface area contributed by atoms with Gasteiger partial charge < -0.3 is 10.1 Å². The van der Waals surface area contributed by atoms with Crippen molar-refractivity contribution in [1.82, 2.24) is 19.7 Å². The number of carbonyl (C=O) groups is 1. The lowest BCUT2D eigenvalue weighted by molar-refractivity contribution is -0.113. The molecule has 1 amide bonds. The average Bonchev–Trinajstić information content (AvgIpc) is 3.33. The van der Waals surface area contributed by atoms with E-state index in [9.17, 15) is 4.79 Å². The second kappa shape index (κ2) is 9.91. The van der Waals surface area contributed by atoms with Crippen molar-refractivity contribution in [3.8, 4) is 5.75 Å². The molecule has 0 radical (unpaired) electrons. The van der Waals surface area contributed by atoms with Crippen molar-refractivity contribution in [2.24, 2.45) is 0 Å². The summed E-state index contributed by atoms with van der Waals surface area (Å²) in [7, 11) is 0. The zero-order chi connectivity index (χ0) is 20.8. The van der Waals surface area contributed by atoms with Crippen LogP contribution in [0, 0.1) is 6.92 Å². The molecule has 7 nitrogen and oxygen atoms in total. The van der Waals surface area contributed by atoms with Gasteiger partial charge in [0.25, 0.3) is 0 Å². The smallest absolute Gasteiger partial charge is 0.236 e. The predicted octanol–water partition coefficient (Wildman–Crippen LogP) is 4.75. The summed E-state index contributed by atoms with van der Waals surface area (Å²) in [5.41, 5.74) is 1.05. The van der Waals surface area contributed by atoms with Crippen LogP contribution < -0.4 is 10.1 Å². The Balaban J connectivity index is 1.71. The van der Waals surface area contributed by atoms with Crippen LogP contribution in [-0.2, 0) is 11.3 Å². The number of nitrogens with zero attached hydrogens (tertiary/aromatic N) is 4. The molecule has 0 bridgehead atoms. The van der Waals surface area contributed by atoms with Crippen molar-refractivity contribution in [1.29, 1.82) is 0 Å². The topological polar surface area (TPSA) is 81.9 Å². The second-order valence-corrected chi connectivity index (χ2v) is 8.35. The number of aryl methyl sites for hydroxylation is 1. The van der Waals surface area contributed by atoms with Crippen molar-refractivity contribution in [3.63, 3.8) is 0 Å². The van der Waals surface area contributed by atoms with Crippen molar-refractivity contribution in [3.05, 3.63) is 58.8 Å². The van der Waals surface area contributed by atoms with E-state index in [1.165, 1.54) is 23.1 Å². The van der Waals surface area contributed by atoms with E-state index in [1.54, 1.807) is 23.7 Å². The molecular formula is C19H20ClN5O2S2. The summed E-state index contributed by atoms with van der Waals surface area (Å²) in [5, 5.41) is 14.8. The maximum atomic E-state index is 12.1. The Morgan fingerprint density at radius 1 is 1.48 bits per heavy atom. The number of hydrogen-bond donors (Lipinski definition) is 1. The van der Waals surface area contributed by atoms with E-state index in [2.05, 4.69) is 27.1 Å². The van der Waals surface area contributed by atoms with Crippen LogP contribution >= 0.6 is 34.7 Å². The molecule has 0 aliphatic carbocycles. The first-order chi connectivity index (χ1) is 14.0. The fraction of sp³-hybridized carbons (Fsp3) is 0.263. The number of aromatic nitrogens is 4. The quantitative estimate of drug-likeness (QED) is 0.375. The molecule has 152 valence electrons. The molecule has 0 spiro atoms. The Kier molecular flexibility index (Phi) is 7.29. The number of anilines is 1. The van der Waals surface area contributed by atoms with Crippen LogP contribution in [0.1, 0.15) is 24.4 Å². The Morgan fingerprint density at radius 3 is 3.03 bits per heavy atom. The van der Waals surface area contributed by atoms with E-state index in [-0.39, 0.29) is 17.8 Å². The zero-order valence-corrected chi connectivity index (χ0v) is 18.4. The van der Waals surface area contributed by atoms with Gasteiger partial charge in [0.15, 0.2) is 22.2 Å². The van der Waals surface area contributed by atoms with Gasteiger partial charge in [-0.1, -0.05) is 35.5 Å². The van der Waals surface area contributed by atoms with Crippen LogP contribution in [0.5, 0.6) is 5.75 Å². The third kappa shape index (κ3) is 5.59. The first-order valence-electron chi connectivity index (χ1n) is 8.77. The number of rotatable bonds is 9. The van der Waals surface area contributed by atoms with Gasteiger partial charge in [-0.05, 0) is 31.5 Å². The minimum atomic E-state index is -0.389.